The van der Waals surface area contributed by atoms with Gasteiger partial charge >= 0.3 is 0 Å². The third kappa shape index (κ3) is 4.58. The topological polar surface area (TPSA) is 63.4 Å². The molecule has 0 aliphatic carbocycles. The molecule has 0 heterocycles. The summed E-state index contributed by atoms with van der Waals surface area (Å²) in [4.78, 5) is 0.256. The van der Waals surface area contributed by atoms with E-state index in [1.54, 1.807) is 24.3 Å². The molecule has 1 aromatic carbocycles. The lowest BCUT2D eigenvalue weighted by molar-refractivity contribution is 0.323. The van der Waals surface area contributed by atoms with Crippen LogP contribution in [0.1, 0.15) is 51.5 Å². The van der Waals surface area contributed by atoms with Gasteiger partial charge < -0.3 is 0 Å². The SMILES string of the molecule is CCCCCCC(C)N(N)S(=O)(=O)c1ccc(C)cc1. The second-order valence-electron chi connectivity index (χ2n) is 5.35. The van der Waals surface area contributed by atoms with Gasteiger partial charge in [-0.05, 0) is 32.4 Å². The Morgan fingerprint density at radius 2 is 1.75 bits per heavy atom. The van der Waals surface area contributed by atoms with Gasteiger partial charge in [-0.15, -0.1) is 4.41 Å². The van der Waals surface area contributed by atoms with E-state index in [0.717, 1.165) is 29.2 Å². The van der Waals surface area contributed by atoms with E-state index in [1.807, 2.05) is 13.8 Å². The summed E-state index contributed by atoms with van der Waals surface area (Å²) in [5, 5.41) is 0. The smallest absolute Gasteiger partial charge is 0.254 e. The quantitative estimate of drug-likeness (QED) is 0.455. The number of nitrogens with two attached hydrogens (primary N) is 1. The predicted molar refractivity (Wildman–Crippen MR) is 82.6 cm³/mol. The maximum Gasteiger partial charge on any atom is 0.255 e. The number of unbranched alkanes of at least 4 members (excludes halogenated alkanes) is 3. The molecule has 1 rings (SSSR count). The summed E-state index contributed by atoms with van der Waals surface area (Å²) in [7, 11) is -3.59. The highest BCUT2D eigenvalue weighted by atomic mass is 32.2. The first-order valence-electron chi connectivity index (χ1n) is 7.25. The van der Waals surface area contributed by atoms with Gasteiger partial charge in [0.2, 0.25) is 0 Å². The fourth-order valence-corrected chi connectivity index (χ4v) is 3.37. The molecule has 5 heteroatoms. The molecule has 0 bridgehead atoms. The van der Waals surface area contributed by atoms with E-state index in [-0.39, 0.29) is 10.9 Å². The van der Waals surface area contributed by atoms with Gasteiger partial charge in [0.25, 0.3) is 10.0 Å². The number of rotatable bonds is 8. The van der Waals surface area contributed by atoms with E-state index in [0.29, 0.717) is 0 Å². The number of nitrogens with zero attached hydrogens (tertiary/aromatic N) is 1. The van der Waals surface area contributed by atoms with Crippen LogP contribution in [0.5, 0.6) is 0 Å². The van der Waals surface area contributed by atoms with Gasteiger partial charge in [0.05, 0.1) is 4.90 Å². The Labute approximate surface area is 123 Å². The van der Waals surface area contributed by atoms with Crippen molar-refractivity contribution in [2.75, 3.05) is 0 Å². The number of aryl methyl sites for hydroxylation is 1. The van der Waals surface area contributed by atoms with Gasteiger partial charge in [-0.3, -0.25) is 5.84 Å². The van der Waals surface area contributed by atoms with E-state index >= 15 is 0 Å². The molecule has 1 aromatic rings. The van der Waals surface area contributed by atoms with E-state index in [2.05, 4.69) is 6.92 Å². The molecule has 0 aliphatic rings. The van der Waals surface area contributed by atoms with Crippen LogP contribution in [0.4, 0.5) is 0 Å². The molecule has 0 aromatic heterocycles. The largest absolute Gasteiger partial charge is 0.255 e. The van der Waals surface area contributed by atoms with Gasteiger partial charge in [0.15, 0.2) is 0 Å². The first kappa shape index (κ1) is 17.1. The molecule has 20 heavy (non-hydrogen) atoms. The zero-order valence-corrected chi connectivity index (χ0v) is 13.5. The molecule has 1 atom stereocenters. The molecule has 0 saturated heterocycles. The lowest BCUT2D eigenvalue weighted by atomic mass is 10.1. The number of sulfonamides is 1. The van der Waals surface area contributed by atoms with Crippen molar-refractivity contribution >= 4 is 10.0 Å². The highest BCUT2D eigenvalue weighted by Crippen LogP contribution is 2.18. The highest BCUT2D eigenvalue weighted by molar-refractivity contribution is 7.89. The summed E-state index contributed by atoms with van der Waals surface area (Å²) < 4.78 is 25.8. The van der Waals surface area contributed by atoms with Gasteiger partial charge in [-0.2, -0.15) is 0 Å². The summed E-state index contributed by atoms with van der Waals surface area (Å²) in [5.74, 6) is 5.83. The summed E-state index contributed by atoms with van der Waals surface area (Å²) in [6.07, 6.45) is 5.28. The number of benzene rings is 1. The van der Waals surface area contributed by atoms with Crippen molar-refractivity contribution in [3.05, 3.63) is 29.8 Å². The third-order valence-electron chi connectivity index (χ3n) is 3.51. The van der Waals surface area contributed by atoms with Crippen molar-refractivity contribution in [2.24, 2.45) is 5.84 Å². The van der Waals surface area contributed by atoms with Crippen LogP contribution in [0.3, 0.4) is 0 Å². The van der Waals surface area contributed by atoms with Gasteiger partial charge in [0.1, 0.15) is 0 Å². The number of hydrogen-bond donors (Lipinski definition) is 1. The molecule has 0 spiro atoms. The van der Waals surface area contributed by atoms with E-state index < -0.39 is 10.0 Å². The predicted octanol–water partition coefficient (Wildman–Crippen LogP) is 3.22. The average Bonchev–Trinajstić information content (AvgIpc) is 2.43. The zero-order chi connectivity index (χ0) is 15.2. The number of hydrazine groups is 1. The lowest BCUT2D eigenvalue weighted by Gasteiger charge is -2.23. The first-order valence-corrected chi connectivity index (χ1v) is 8.69. The van der Waals surface area contributed by atoms with Gasteiger partial charge in [-0.25, -0.2) is 8.42 Å². The van der Waals surface area contributed by atoms with E-state index in [1.165, 1.54) is 12.8 Å². The van der Waals surface area contributed by atoms with E-state index in [4.69, 9.17) is 5.84 Å². The summed E-state index contributed by atoms with van der Waals surface area (Å²) in [6.45, 7) is 5.94. The van der Waals surface area contributed by atoms with Crippen LogP contribution in [-0.4, -0.2) is 18.9 Å². The molecular weight excluding hydrogens is 272 g/mol. The lowest BCUT2D eigenvalue weighted by Crippen LogP contribution is -2.44. The summed E-state index contributed by atoms with van der Waals surface area (Å²) >= 11 is 0. The van der Waals surface area contributed by atoms with Gasteiger partial charge in [-0.1, -0.05) is 50.3 Å². The molecule has 4 nitrogen and oxygen atoms in total. The zero-order valence-electron chi connectivity index (χ0n) is 12.7. The molecular formula is C15H26N2O2S. The van der Waals surface area contributed by atoms with Crippen molar-refractivity contribution in [1.82, 2.24) is 4.41 Å². The molecule has 0 fully saturated rings. The minimum atomic E-state index is -3.59. The van der Waals surface area contributed by atoms with E-state index in [9.17, 15) is 8.42 Å². The molecule has 1 unspecified atom stereocenters. The Bertz CT molecular complexity index is 497. The van der Waals surface area contributed by atoms with Crippen molar-refractivity contribution in [3.63, 3.8) is 0 Å². The average molecular weight is 298 g/mol. The Morgan fingerprint density at radius 1 is 1.15 bits per heavy atom. The van der Waals surface area contributed by atoms with Crippen LogP contribution in [0.25, 0.3) is 0 Å². The minimum absolute atomic E-state index is 0.182. The van der Waals surface area contributed by atoms with Crippen LogP contribution < -0.4 is 5.84 Å². The second-order valence-corrected chi connectivity index (χ2v) is 7.19. The Hall–Kier alpha value is -0.910. The Balaban J connectivity index is 2.68. The standard InChI is InChI=1S/C15H26N2O2S/c1-4-5-6-7-8-14(3)17(16)20(18,19)15-11-9-13(2)10-12-15/h9-12,14H,4-8,16H2,1-3H3. The van der Waals surface area contributed by atoms with Crippen molar-refractivity contribution in [3.8, 4) is 0 Å². The maximum atomic E-state index is 12.4. The summed E-state index contributed by atoms with van der Waals surface area (Å²) in [6, 6.07) is 6.60. The minimum Gasteiger partial charge on any atom is -0.254 e. The number of hydrogen-bond acceptors (Lipinski definition) is 3. The maximum absolute atomic E-state index is 12.4. The van der Waals surface area contributed by atoms with Crippen LogP contribution in [0.2, 0.25) is 0 Å². The third-order valence-corrected chi connectivity index (χ3v) is 5.29. The molecule has 0 saturated carbocycles. The monoisotopic (exact) mass is 298 g/mol. The highest BCUT2D eigenvalue weighted by Gasteiger charge is 2.25. The van der Waals surface area contributed by atoms with Crippen molar-refractivity contribution in [1.29, 1.82) is 0 Å². The molecule has 0 radical (unpaired) electrons. The second kappa shape index (κ2) is 7.76. The normalized spacial score (nSPS) is 13.7. The molecule has 2 N–H and O–H groups in total. The van der Waals surface area contributed by atoms with Crippen LogP contribution in [-0.2, 0) is 10.0 Å². The van der Waals surface area contributed by atoms with Gasteiger partial charge in [0, 0.05) is 6.04 Å². The molecule has 114 valence electrons. The van der Waals surface area contributed by atoms with Crippen molar-refractivity contribution in [2.45, 2.75) is 63.8 Å². The summed E-state index contributed by atoms with van der Waals surface area (Å²) in [5.41, 5.74) is 1.03. The molecule has 0 aliphatic heterocycles. The first-order chi connectivity index (χ1) is 9.39. The fourth-order valence-electron chi connectivity index (χ4n) is 2.06. The fraction of sp³-hybridized carbons (Fsp3) is 0.600. The van der Waals surface area contributed by atoms with Crippen LogP contribution in [0, 0.1) is 6.92 Å². The Morgan fingerprint density at radius 3 is 2.30 bits per heavy atom. The van der Waals surface area contributed by atoms with Crippen LogP contribution in [0.15, 0.2) is 29.2 Å². The van der Waals surface area contributed by atoms with Crippen molar-refractivity contribution < 1.29 is 8.42 Å². The molecule has 0 amide bonds. The van der Waals surface area contributed by atoms with Crippen LogP contribution >= 0.6 is 0 Å². The Kier molecular flexibility index (Phi) is 6.65.